The summed E-state index contributed by atoms with van der Waals surface area (Å²) in [6, 6.07) is 0. The summed E-state index contributed by atoms with van der Waals surface area (Å²) in [6.45, 7) is 5.39. The molecule has 126 valence electrons. The van der Waals surface area contributed by atoms with Crippen molar-refractivity contribution in [1.29, 1.82) is 0 Å². The molecule has 11 nitrogen and oxygen atoms in total. The number of guanidine groups is 1. The van der Waals surface area contributed by atoms with Gasteiger partial charge >= 0.3 is 5.70 Å². The molecule has 5 N–H and O–H groups in total. The molecule has 0 aliphatic carbocycles. The number of amides is 1. The summed E-state index contributed by atoms with van der Waals surface area (Å²) in [4.78, 5) is 36.7. The molecular weight excluding hydrogens is 310 g/mol. The Morgan fingerprint density at radius 2 is 2.09 bits per heavy atom. The van der Waals surface area contributed by atoms with E-state index in [-0.39, 0.29) is 17.5 Å². The van der Waals surface area contributed by atoms with Crippen molar-refractivity contribution < 1.29 is 24.7 Å². The molecule has 0 saturated carbocycles. The molecule has 0 fully saturated rings. The Morgan fingerprint density at radius 3 is 2.57 bits per heavy atom. The summed E-state index contributed by atoms with van der Waals surface area (Å²) in [5, 5.41) is 36.8. The minimum Gasteiger partial charge on any atom is -0.390 e. The highest BCUT2D eigenvalue weighted by atomic mass is 16.6. The van der Waals surface area contributed by atoms with Crippen LogP contribution < -0.4 is 16.0 Å². The van der Waals surface area contributed by atoms with Crippen molar-refractivity contribution in [3.8, 4) is 0 Å². The molecule has 0 radical (unpaired) electrons. The first-order valence-corrected chi connectivity index (χ1v) is 6.47. The fraction of sp³-hybridized carbons (Fsp3) is 0.417. The van der Waals surface area contributed by atoms with Gasteiger partial charge in [0.1, 0.15) is 11.8 Å². The molecular formula is C12H17N5O6. The summed E-state index contributed by atoms with van der Waals surface area (Å²) in [5.41, 5.74) is -0.654. The smallest absolute Gasteiger partial charge is 0.334 e. The van der Waals surface area contributed by atoms with E-state index in [2.05, 4.69) is 27.5 Å². The summed E-state index contributed by atoms with van der Waals surface area (Å²) in [6.07, 6.45) is -2.92. The van der Waals surface area contributed by atoms with Crippen LogP contribution in [0.3, 0.4) is 0 Å². The maximum absolute atomic E-state index is 11.6. The highest BCUT2D eigenvalue weighted by Gasteiger charge is 2.29. The maximum atomic E-state index is 11.6. The van der Waals surface area contributed by atoms with Gasteiger partial charge in [0.2, 0.25) is 17.7 Å². The lowest BCUT2D eigenvalue weighted by atomic mass is 10.1. The second kappa shape index (κ2) is 7.47. The molecule has 0 aromatic carbocycles. The van der Waals surface area contributed by atoms with E-state index in [0.717, 1.165) is 0 Å². The Hall–Kier alpha value is -2.79. The largest absolute Gasteiger partial charge is 0.390 e. The lowest BCUT2D eigenvalue weighted by Gasteiger charge is -2.19. The van der Waals surface area contributed by atoms with Crippen molar-refractivity contribution in [2.45, 2.75) is 26.1 Å². The van der Waals surface area contributed by atoms with Crippen molar-refractivity contribution >= 4 is 17.6 Å². The first-order chi connectivity index (χ1) is 10.6. The third-order valence-electron chi connectivity index (χ3n) is 2.70. The normalized spacial score (nSPS) is 16.9. The SMILES string of the molecule is C=C1NC(NC(C)=O)=NC(NCC(=O)[C@@H](O)[C@H](C)O)=C1[N+](=O)[O-]. The zero-order valence-corrected chi connectivity index (χ0v) is 12.5. The van der Waals surface area contributed by atoms with Crippen molar-refractivity contribution in [3.05, 3.63) is 33.9 Å². The van der Waals surface area contributed by atoms with E-state index in [0.29, 0.717) is 0 Å². The minimum absolute atomic E-state index is 0.0980. The van der Waals surface area contributed by atoms with Crippen LogP contribution in [0.4, 0.5) is 0 Å². The molecule has 23 heavy (non-hydrogen) atoms. The molecule has 0 aromatic rings. The molecule has 0 unspecified atom stereocenters. The van der Waals surface area contributed by atoms with Crippen LogP contribution in [0, 0.1) is 10.1 Å². The van der Waals surface area contributed by atoms with E-state index < -0.39 is 41.1 Å². The molecule has 0 saturated heterocycles. The number of carbonyl (C=O) groups is 2. The molecule has 2 atom stereocenters. The Kier molecular flexibility index (Phi) is 5.93. The molecule has 1 aliphatic rings. The van der Waals surface area contributed by atoms with Gasteiger partial charge in [0.25, 0.3) is 0 Å². The van der Waals surface area contributed by atoms with E-state index in [4.69, 9.17) is 5.11 Å². The number of rotatable bonds is 6. The fourth-order valence-electron chi connectivity index (χ4n) is 1.63. The highest BCUT2D eigenvalue weighted by molar-refractivity contribution is 5.98. The predicted octanol–water partition coefficient (Wildman–Crippen LogP) is -2.06. The van der Waals surface area contributed by atoms with Gasteiger partial charge in [-0.15, -0.1) is 0 Å². The summed E-state index contributed by atoms with van der Waals surface area (Å²) in [7, 11) is 0. The van der Waals surface area contributed by atoms with Crippen molar-refractivity contribution in [1.82, 2.24) is 16.0 Å². The van der Waals surface area contributed by atoms with Crippen molar-refractivity contribution in [3.63, 3.8) is 0 Å². The number of nitrogens with zero attached hydrogens (tertiary/aromatic N) is 2. The van der Waals surface area contributed by atoms with Gasteiger partial charge in [-0.1, -0.05) is 6.58 Å². The van der Waals surface area contributed by atoms with Crippen molar-refractivity contribution in [2.75, 3.05) is 6.54 Å². The monoisotopic (exact) mass is 327 g/mol. The topological polar surface area (TPSA) is 166 Å². The molecule has 1 amide bonds. The summed E-state index contributed by atoms with van der Waals surface area (Å²) >= 11 is 0. The molecule has 0 spiro atoms. The standard InChI is InChI=1S/C12H17N5O6/c1-5-9(17(22)23)11(16-12(14-5)15-7(3)19)13-4-8(20)10(21)6(2)18/h6,10,13,18,21H,1,4H2,2-3H3,(H2,14,15,16,19)/t6-,10-/m0/s1. The van der Waals surface area contributed by atoms with Gasteiger partial charge in [-0.05, 0) is 6.92 Å². The highest BCUT2D eigenvalue weighted by Crippen LogP contribution is 2.15. The van der Waals surface area contributed by atoms with Gasteiger partial charge in [-0.25, -0.2) is 0 Å². The number of hydrogen-bond acceptors (Lipinski definition) is 9. The molecule has 1 aliphatic heterocycles. The molecule has 11 heteroatoms. The van der Waals surface area contributed by atoms with Crippen LogP contribution in [0.5, 0.6) is 0 Å². The number of carbonyl (C=O) groups excluding carboxylic acids is 2. The Labute approximate surface area is 130 Å². The molecule has 1 heterocycles. The van der Waals surface area contributed by atoms with Gasteiger partial charge in [-0.3, -0.25) is 25.0 Å². The molecule has 0 bridgehead atoms. The third-order valence-corrected chi connectivity index (χ3v) is 2.70. The van der Waals surface area contributed by atoms with Crippen LogP contribution in [-0.2, 0) is 9.59 Å². The number of nitrogens with one attached hydrogen (secondary N) is 3. The Bertz CT molecular complexity index is 609. The fourth-order valence-corrected chi connectivity index (χ4v) is 1.63. The van der Waals surface area contributed by atoms with Gasteiger partial charge in [-0.2, -0.15) is 4.99 Å². The lowest BCUT2D eigenvalue weighted by molar-refractivity contribution is -0.422. The maximum Gasteiger partial charge on any atom is 0.334 e. The van der Waals surface area contributed by atoms with Gasteiger partial charge in [0.05, 0.1) is 17.6 Å². The third kappa shape index (κ3) is 4.86. The van der Waals surface area contributed by atoms with Crippen molar-refractivity contribution in [2.24, 2.45) is 4.99 Å². The quantitative estimate of drug-likeness (QED) is 0.274. The number of aliphatic hydroxyl groups excluding tert-OH is 2. The average molecular weight is 327 g/mol. The number of hydrogen-bond donors (Lipinski definition) is 5. The Balaban J connectivity index is 3.00. The van der Waals surface area contributed by atoms with Crippen LogP contribution in [-0.4, -0.2) is 51.5 Å². The second-order valence-electron chi connectivity index (χ2n) is 4.70. The van der Waals surface area contributed by atoms with Crippen LogP contribution in [0.25, 0.3) is 0 Å². The zero-order chi connectivity index (χ0) is 17.7. The summed E-state index contributed by atoms with van der Waals surface area (Å²) in [5.74, 6) is -1.66. The lowest BCUT2D eigenvalue weighted by Crippen LogP contribution is -2.44. The number of Topliss-reactive ketones (excluding diaryl/α,β-unsaturated/α-hetero) is 1. The Morgan fingerprint density at radius 1 is 1.48 bits per heavy atom. The molecule has 1 rings (SSSR count). The minimum atomic E-state index is -1.63. The average Bonchev–Trinajstić information content (AvgIpc) is 2.41. The van der Waals surface area contributed by atoms with Crippen LogP contribution in [0.1, 0.15) is 13.8 Å². The number of aliphatic imine (C=N–C) groups is 1. The first kappa shape index (κ1) is 18.3. The zero-order valence-electron chi connectivity index (χ0n) is 12.5. The summed E-state index contributed by atoms with van der Waals surface area (Å²) < 4.78 is 0. The van der Waals surface area contributed by atoms with Crippen LogP contribution >= 0.6 is 0 Å². The van der Waals surface area contributed by atoms with E-state index in [1.54, 1.807) is 0 Å². The van der Waals surface area contributed by atoms with E-state index in [9.17, 15) is 24.8 Å². The first-order valence-electron chi connectivity index (χ1n) is 6.47. The van der Waals surface area contributed by atoms with Crippen LogP contribution in [0.2, 0.25) is 0 Å². The second-order valence-corrected chi connectivity index (χ2v) is 4.70. The van der Waals surface area contributed by atoms with Crippen LogP contribution in [0.15, 0.2) is 28.8 Å². The van der Waals surface area contributed by atoms with Gasteiger partial charge < -0.3 is 20.8 Å². The number of aliphatic hydroxyl groups is 2. The number of nitro groups is 1. The van der Waals surface area contributed by atoms with E-state index in [1.807, 2.05) is 0 Å². The van der Waals surface area contributed by atoms with Gasteiger partial charge in [0.15, 0.2) is 5.78 Å². The number of ketones is 1. The van der Waals surface area contributed by atoms with E-state index in [1.165, 1.54) is 13.8 Å². The molecule has 0 aromatic heterocycles. The van der Waals surface area contributed by atoms with E-state index >= 15 is 0 Å². The van der Waals surface area contributed by atoms with Gasteiger partial charge in [0, 0.05) is 6.92 Å². The predicted molar refractivity (Wildman–Crippen MR) is 78.2 cm³/mol.